The molecule has 0 aliphatic heterocycles. The summed E-state index contributed by atoms with van der Waals surface area (Å²) in [6, 6.07) is 71.1. The van der Waals surface area contributed by atoms with Crippen LogP contribution in [0.4, 0.5) is 17.1 Å². The van der Waals surface area contributed by atoms with Crippen molar-refractivity contribution in [2.24, 2.45) is 0 Å². The minimum absolute atomic E-state index is 1.12. The first-order valence-corrected chi connectivity index (χ1v) is 18.9. The summed E-state index contributed by atoms with van der Waals surface area (Å²) >= 11 is 1.86. The summed E-state index contributed by atoms with van der Waals surface area (Å²) in [6.45, 7) is 0. The van der Waals surface area contributed by atoms with E-state index in [1.807, 2.05) is 11.3 Å². The third-order valence-corrected chi connectivity index (χ3v) is 11.9. The number of benzene rings is 9. The lowest BCUT2D eigenvalue weighted by atomic mass is 10.0. The van der Waals surface area contributed by atoms with Crippen LogP contribution in [0.2, 0.25) is 0 Å². The monoisotopic (exact) mass is 692 g/mol. The SMILES string of the molecule is c1ccc2cc(N(c3ccc(-c4ccc5c(c4)c4ccccc4n5-c4ccc5ccccc5c4)cc3)c3ccc4sc5ccccc5c4c3)ccc2c1. The Morgan fingerprint density at radius 2 is 0.925 bits per heavy atom. The number of para-hydroxylation sites is 1. The number of hydrogen-bond donors (Lipinski definition) is 0. The molecule has 0 fully saturated rings. The largest absolute Gasteiger partial charge is 0.310 e. The summed E-state index contributed by atoms with van der Waals surface area (Å²) in [5.74, 6) is 0. The number of aromatic nitrogens is 1. The molecule has 0 saturated heterocycles. The predicted molar refractivity (Wildman–Crippen MR) is 229 cm³/mol. The fourth-order valence-electron chi connectivity index (χ4n) is 8.17. The molecule has 0 aliphatic carbocycles. The molecule has 0 amide bonds. The molecule has 2 heterocycles. The minimum atomic E-state index is 1.12. The summed E-state index contributed by atoms with van der Waals surface area (Å²) in [5.41, 5.74) is 9.40. The molecule has 0 unspecified atom stereocenters. The van der Waals surface area contributed by atoms with Crippen molar-refractivity contribution >= 4 is 91.9 Å². The first-order valence-electron chi connectivity index (χ1n) is 18.1. The number of thiophene rings is 1. The van der Waals surface area contributed by atoms with Gasteiger partial charge in [-0.25, -0.2) is 0 Å². The van der Waals surface area contributed by atoms with Crippen molar-refractivity contribution in [3.8, 4) is 16.8 Å². The summed E-state index contributed by atoms with van der Waals surface area (Å²) in [5, 5.41) is 10.1. The standard InChI is InChI=1S/C50H32N2S/c1-3-11-36-29-40(24-19-33(36)9-1)51(42-26-28-50-46(32-42)44-14-6-8-16-49(44)53-50)39-22-17-35(18-23-39)38-21-27-48-45(31-38)43-13-5-7-15-47(43)52(48)41-25-20-34-10-2-4-12-37(34)30-41/h1-32H. The zero-order chi connectivity index (χ0) is 34.9. The summed E-state index contributed by atoms with van der Waals surface area (Å²) < 4.78 is 5.03. The van der Waals surface area contributed by atoms with E-state index in [1.54, 1.807) is 0 Å². The Kier molecular flexibility index (Phi) is 6.76. The van der Waals surface area contributed by atoms with Crippen LogP contribution in [-0.2, 0) is 0 Å². The molecule has 0 spiro atoms. The Hall–Kier alpha value is -6.68. The van der Waals surface area contributed by atoms with Crippen LogP contribution >= 0.6 is 11.3 Å². The van der Waals surface area contributed by atoms with Gasteiger partial charge in [0.1, 0.15) is 0 Å². The minimum Gasteiger partial charge on any atom is -0.310 e. The molecule has 0 bridgehead atoms. The van der Waals surface area contributed by atoms with Gasteiger partial charge < -0.3 is 9.47 Å². The van der Waals surface area contributed by atoms with E-state index in [1.165, 1.54) is 80.3 Å². The molecule has 0 N–H and O–H groups in total. The first-order chi connectivity index (χ1) is 26.2. The van der Waals surface area contributed by atoms with Gasteiger partial charge in [0.15, 0.2) is 0 Å². The average Bonchev–Trinajstić information content (AvgIpc) is 3.76. The van der Waals surface area contributed by atoms with Crippen molar-refractivity contribution in [3.63, 3.8) is 0 Å². The Balaban J connectivity index is 1.03. The van der Waals surface area contributed by atoms with Gasteiger partial charge in [-0.05, 0) is 112 Å². The molecule has 0 radical (unpaired) electrons. The molecule has 9 aromatic carbocycles. The van der Waals surface area contributed by atoms with Crippen molar-refractivity contribution in [2.45, 2.75) is 0 Å². The second kappa shape index (κ2) is 11.9. The van der Waals surface area contributed by atoms with Gasteiger partial charge in [-0.3, -0.25) is 0 Å². The van der Waals surface area contributed by atoms with Crippen LogP contribution in [-0.4, -0.2) is 4.57 Å². The van der Waals surface area contributed by atoms with Crippen molar-refractivity contribution in [3.05, 3.63) is 194 Å². The molecule has 248 valence electrons. The maximum atomic E-state index is 2.40. The Bertz CT molecular complexity index is 3180. The second-order valence-electron chi connectivity index (χ2n) is 13.8. The van der Waals surface area contributed by atoms with Crippen LogP contribution in [0.3, 0.4) is 0 Å². The molecule has 2 nitrogen and oxygen atoms in total. The van der Waals surface area contributed by atoms with Crippen molar-refractivity contribution in [2.75, 3.05) is 4.90 Å². The molecule has 53 heavy (non-hydrogen) atoms. The quantitative estimate of drug-likeness (QED) is 0.174. The topological polar surface area (TPSA) is 8.17 Å². The smallest absolute Gasteiger partial charge is 0.0541 e. The Morgan fingerprint density at radius 1 is 0.340 bits per heavy atom. The number of anilines is 3. The van der Waals surface area contributed by atoms with Crippen LogP contribution in [0.5, 0.6) is 0 Å². The fourth-order valence-corrected chi connectivity index (χ4v) is 9.25. The summed E-state index contributed by atoms with van der Waals surface area (Å²) in [6.07, 6.45) is 0. The van der Waals surface area contributed by atoms with Crippen LogP contribution in [0.15, 0.2) is 194 Å². The highest BCUT2D eigenvalue weighted by atomic mass is 32.1. The molecule has 0 aliphatic rings. The highest BCUT2D eigenvalue weighted by Gasteiger charge is 2.17. The van der Waals surface area contributed by atoms with Gasteiger partial charge >= 0.3 is 0 Å². The van der Waals surface area contributed by atoms with E-state index >= 15 is 0 Å². The van der Waals surface area contributed by atoms with Crippen LogP contribution < -0.4 is 4.90 Å². The summed E-state index contributed by atoms with van der Waals surface area (Å²) in [7, 11) is 0. The molecule has 0 saturated carbocycles. The van der Waals surface area contributed by atoms with Crippen LogP contribution in [0.1, 0.15) is 0 Å². The highest BCUT2D eigenvalue weighted by Crippen LogP contribution is 2.42. The third-order valence-electron chi connectivity index (χ3n) is 10.7. The van der Waals surface area contributed by atoms with Crippen molar-refractivity contribution in [1.82, 2.24) is 4.57 Å². The maximum absolute atomic E-state index is 2.40. The van der Waals surface area contributed by atoms with E-state index in [-0.39, 0.29) is 0 Å². The Labute approximate surface area is 311 Å². The fraction of sp³-hybridized carbons (Fsp3) is 0. The van der Waals surface area contributed by atoms with E-state index < -0.39 is 0 Å². The predicted octanol–water partition coefficient (Wildman–Crippen LogP) is 14.6. The first kappa shape index (κ1) is 30.0. The summed E-state index contributed by atoms with van der Waals surface area (Å²) in [4.78, 5) is 2.39. The number of rotatable bonds is 5. The van der Waals surface area contributed by atoms with Crippen molar-refractivity contribution in [1.29, 1.82) is 0 Å². The molecule has 11 rings (SSSR count). The number of hydrogen-bond acceptors (Lipinski definition) is 2. The molecule has 0 atom stereocenters. The number of fused-ring (bicyclic) bond motifs is 8. The maximum Gasteiger partial charge on any atom is 0.0541 e. The van der Waals surface area contributed by atoms with Crippen molar-refractivity contribution < 1.29 is 0 Å². The van der Waals surface area contributed by atoms with Gasteiger partial charge in [0.2, 0.25) is 0 Å². The molecule has 2 aromatic heterocycles. The van der Waals surface area contributed by atoms with E-state index in [0.717, 1.165) is 17.1 Å². The molecular formula is C50H32N2S. The normalized spacial score (nSPS) is 11.8. The van der Waals surface area contributed by atoms with E-state index in [0.29, 0.717) is 0 Å². The van der Waals surface area contributed by atoms with Crippen LogP contribution in [0, 0.1) is 0 Å². The van der Waals surface area contributed by atoms with Gasteiger partial charge in [-0.2, -0.15) is 0 Å². The van der Waals surface area contributed by atoms with Gasteiger partial charge in [-0.1, -0.05) is 115 Å². The lowest BCUT2D eigenvalue weighted by molar-refractivity contribution is 1.19. The van der Waals surface area contributed by atoms with E-state index in [2.05, 4.69) is 204 Å². The van der Waals surface area contributed by atoms with Crippen LogP contribution in [0.25, 0.3) is 80.3 Å². The zero-order valence-electron chi connectivity index (χ0n) is 28.8. The molecule has 11 aromatic rings. The second-order valence-corrected chi connectivity index (χ2v) is 14.9. The Morgan fingerprint density at radius 3 is 1.75 bits per heavy atom. The lowest BCUT2D eigenvalue weighted by Crippen LogP contribution is -2.09. The van der Waals surface area contributed by atoms with E-state index in [4.69, 9.17) is 0 Å². The lowest BCUT2D eigenvalue weighted by Gasteiger charge is -2.26. The third kappa shape index (κ3) is 4.93. The highest BCUT2D eigenvalue weighted by molar-refractivity contribution is 7.25. The van der Waals surface area contributed by atoms with Gasteiger partial charge in [0, 0.05) is 53.7 Å². The van der Waals surface area contributed by atoms with Gasteiger partial charge in [0.25, 0.3) is 0 Å². The zero-order valence-corrected chi connectivity index (χ0v) is 29.6. The molecule has 3 heteroatoms. The molecular weight excluding hydrogens is 661 g/mol. The van der Waals surface area contributed by atoms with Gasteiger partial charge in [-0.15, -0.1) is 11.3 Å². The van der Waals surface area contributed by atoms with E-state index in [9.17, 15) is 0 Å². The average molecular weight is 693 g/mol. The number of nitrogens with zero attached hydrogens (tertiary/aromatic N) is 2. The van der Waals surface area contributed by atoms with Gasteiger partial charge in [0.05, 0.1) is 11.0 Å².